The van der Waals surface area contributed by atoms with E-state index < -0.39 is 27.4 Å². The minimum absolute atomic E-state index is 0.0554. The zero-order valence-electron chi connectivity index (χ0n) is 18.6. The zero-order chi connectivity index (χ0) is 25.3. The zero-order valence-corrected chi connectivity index (χ0v) is 22.3. The van der Waals surface area contributed by atoms with Crippen LogP contribution in [0.3, 0.4) is 0 Å². The molecular weight excluding hydrogens is 606 g/mol. The van der Waals surface area contributed by atoms with Crippen LogP contribution in [0.1, 0.15) is 10.4 Å². The Labute approximate surface area is 218 Å². The van der Waals surface area contributed by atoms with Gasteiger partial charge in [0.1, 0.15) is 10.0 Å². The lowest BCUT2D eigenvalue weighted by Gasteiger charge is -2.13. The lowest BCUT2D eigenvalue weighted by molar-refractivity contribution is 0.256. The normalized spacial score (nSPS) is 11.4. The average molecular weight is 626 g/mol. The standard InChI is InChI=1S/C23H20FIN4O4S2/c1-13-9-15(27-23(31)28-35(32,33)21-6-4-16(12-25)34-21)3-5-20(13)29-8-7-14-10-19(26-2)18(24)11-17(14)22(29)30/h3-11,26H,12H2,1-2H3,(H2,27,28,31). The fourth-order valence-corrected chi connectivity index (χ4v) is 6.39. The molecule has 0 atom stereocenters. The lowest BCUT2D eigenvalue weighted by Crippen LogP contribution is -2.34. The Hall–Kier alpha value is -2.97. The van der Waals surface area contributed by atoms with E-state index >= 15 is 0 Å². The second-order valence-corrected chi connectivity index (χ2v) is 11.4. The second-order valence-electron chi connectivity index (χ2n) is 7.58. The average Bonchev–Trinajstić information content (AvgIpc) is 3.30. The van der Waals surface area contributed by atoms with E-state index in [1.54, 1.807) is 56.6 Å². The first-order valence-electron chi connectivity index (χ1n) is 10.2. The van der Waals surface area contributed by atoms with Crippen LogP contribution in [0.4, 0.5) is 20.6 Å². The van der Waals surface area contributed by atoms with E-state index in [1.165, 1.54) is 16.7 Å². The molecule has 2 aromatic heterocycles. The molecule has 0 aliphatic rings. The molecule has 0 aliphatic carbocycles. The van der Waals surface area contributed by atoms with E-state index in [-0.39, 0.29) is 9.60 Å². The summed E-state index contributed by atoms with van der Waals surface area (Å²) < 4.78 is 43.2. The highest BCUT2D eigenvalue weighted by atomic mass is 127. The number of carbonyl (C=O) groups excluding carboxylic acids is 1. The first kappa shape index (κ1) is 25.1. The first-order valence-corrected chi connectivity index (χ1v) is 14.1. The summed E-state index contributed by atoms with van der Waals surface area (Å²) in [5.41, 5.74) is 1.43. The summed E-state index contributed by atoms with van der Waals surface area (Å²) in [6, 6.07) is 11.5. The van der Waals surface area contributed by atoms with E-state index in [1.807, 2.05) is 4.72 Å². The number of nitrogens with zero attached hydrogens (tertiary/aromatic N) is 1. The molecule has 35 heavy (non-hydrogen) atoms. The maximum absolute atomic E-state index is 14.2. The number of aryl methyl sites for hydroxylation is 1. The molecule has 0 radical (unpaired) electrons. The van der Waals surface area contributed by atoms with Crippen molar-refractivity contribution in [3.63, 3.8) is 0 Å². The minimum Gasteiger partial charge on any atom is -0.386 e. The number of benzene rings is 2. The number of carbonyl (C=O) groups is 1. The van der Waals surface area contributed by atoms with Gasteiger partial charge in [-0.2, -0.15) is 0 Å². The molecular formula is C23H20FIN4O4S2. The first-order chi connectivity index (χ1) is 16.6. The molecule has 4 aromatic rings. The van der Waals surface area contributed by atoms with Gasteiger partial charge in [-0.3, -0.25) is 9.36 Å². The molecule has 0 spiro atoms. The summed E-state index contributed by atoms with van der Waals surface area (Å²) in [6.07, 6.45) is 1.60. The number of alkyl halides is 1. The maximum atomic E-state index is 14.2. The smallest absolute Gasteiger partial charge is 0.333 e. The summed E-state index contributed by atoms with van der Waals surface area (Å²) in [6.45, 7) is 1.74. The maximum Gasteiger partial charge on any atom is 0.333 e. The monoisotopic (exact) mass is 626 g/mol. The number of rotatable bonds is 6. The Kier molecular flexibility index (Phi) is 7.15. The highest BCUT2D eigenvalue weighted by molar-refractivity contribution is 14.1. The topological polar surface area (TPSA) is 109 Å². The van der Waals surface area contributed by atoms with Gasteiger partial charge in [0.2, 0.25) is 0 Å². The lowest BCUT2D eigenvalue weighted by atomic mass is 10.1. The number of halogens is 2. The number of pyridine rings is 1. The summed E-state index contributed by atoms with van der Waals surface area (Å²) >= 11 is 3.23. The number of nitrogens with one attached hydrogen (secondary N) is 3. The van der Waals surface area contributed by atoms with E-state index in [9.17, 15) is 22.4 Å². The SMILES string of the molecule is CNc1cc2ccn(-c3ccc(NC(=O)NS(=O)(=O)c4ccc(CI)s4)cc3C)c(=O)c2cc1F. The van der Waals surface area contributed by atoms with Crippen LogP contribution in [-0.4, -0.2) is 26.1 Å². The van der Waals surface area contributed by atoms with Crippen LogP contribution in [0.5, 0.6) is 0 Å². The molecule has 3 N–H and O–H groups in total. The third kappa shape index (κ3) is 5.18. The summed E-state index contributed by atoms with van der Waals surface area (Å²) in [4.78, 5) is 26.3. The number of anilines is 2. The van der Waals surface area contributed by atoms with E-state index in [0.717, 1.165) is 16.2 Å². The van der Waals surface area contributed by atoms with Gasteiger partial charge in [-0.05, 0) is 66.4 Å². The molecule has 0 unspecified atom stereocenters. The fraction of sp³-hybridized carbons (Fsp3) is 0.130. The molecule has 0 bridgehead atoms. The molecule has 12 heteroatoms. The van der Waals surface area contributed by atoms with Gasteiger partial charge in [0, 0.05) is 28.2 Å². The molecule has 0 saturated heterocycles. The third-order valence-electron chi connectivity index (χ3n) is 5.24. The predicted octanol–water partition coefficient (Wildman–Crippen LogP) is 4.99. The Morgan fingerprint density at radius 2 is 1.91 bits per heavy atom. The number of hydrogen-bond acceptors (Lipinski definition) is 6. The van der Waals surface area contributed by atoms with Gasteiger partial charge in [0.25, 0.3) is 15.6 Å². The number of sulfonamides is 1. The molecule has 4 rings (SSSR count). The van der Waals surface area contributed by atoms with E-state index in [2.05, 4.69) is 33.2 Å². The third-order valence-corrected chi connectivity index (χ3v) is 9.48. The van der Waals surface area contributed by atoms with Gasteiger partial charge in [-0.25, -0.2) is 22.3 Å². The highest BCUT2D eigenvalue weighted by Crippen LogP contribution is 2.25. The number of fused-ring (bicyclic) bond motifs is 1. The van der Waals surface area contributed by atoms with Crippen LogP contribution >= 0.6 is 33.9 Å². The van der Waals surface area contributed by atoms with Crippen LogP contribution in [0.15, 0.2) is 63.7 Å². The summed E-state index contributed by atoms with van der Waals surface area (Å²) in [5, 5.41) is 6.08. The molecule has 2 aromatic carbocycles. The molecule has 0 fully saturated rings. The van der Waals surface area contributed by atoms with E-state index in [4.69, 9.17) is 0 Å². The minimum atomic E-state index is -3.99. The fourth-order valence-electron chi connectivity index (χ4n) is 3.55. The van der Waals surface area contributed by atoms with Gasteiger partial charge >= 0.3 is 6.03 Å². The van der Waals surface area contributed by atoms with Crippen molar-refractivity contribution in [2.45, 2.75) is 15.6 Å². The van der Waals surface area contributed by atoms with Crippen LogP contribution in [0.2, 0.25) is 0 Å². The van der Waals surface area contributed by atoms with Gasteiger partial charge < -0.3 is 10.6 Å². The number of thiophene rings is 1. The Morgan fingerprint density at radius 1 is 1.14 bits per heavy atom. The van der Waals surface area contributed by atoms with Gasteiger partial charge in [0.15, 0.2) is 0 Å². The quantitative estimate of drug-likeness (QED) is 0.207. The summed E-state index contributed by atoms with van der Waals surface area (Å²) in [5.74, 6) is -0.528. The van der Waals surface area contributed by atoms with Crippen molar-refractivity contribution in [2.75, 3.05) is 17.7 Å². The Bertz CT molecular complexity index is 1620. The molecule has 2 heterocycles. The number of urea groups is 1. The van der Waals surface area contributed by atoms with Gasteiger partial charge in [0.05, 0.1) is 16.8 Å². The predicted molar refractivity (Wildman–Crippen MR) is 145 cm³/mol. The molecule has 0 aliphatic heterocycles. The Balaban J connectivity index is 1.57. The molecule has 182 valence electrons. The molecule has 2 amide bonds. The van der Waals surface area contributed by atoms with Crippen LogP contribution in [-0.2, 0) is 14.5 Å². The van der Waals surface area contributed by atoms with Crippen molar-refractivity contribution in [1.82, 2.24) is 9.29 Å². The number of amides is 2. The van der Waals surface area contributed by atoms with Crippen molar-refractivity contribution in [3.8, 4) is 5.69 Å². The van der Waals surface area contributed by atoms with Crippen molar-refractivity contribution < 1.29 is 17.6 Å². The van der Waals surface area contributed by atoms with Crippen LogP contribution < -0.4 is 20.9 Å². The number of hydrogen-bond donors (Lipinski definition) is 3. The largest absolute Gasteiger partial charge is 0.386 e. The van der Waals surface area contributed by atoms with Gasteiger partial charge in [-0.1, -0.05) is 22.6 Å². The summed E-state index contributed by atoms with van der Waals surface area (Å²) in [7, 11) is -2.39. The van der Waals surface area contributed by atoms with Crippen LogP contribution in [0, 0.1) is 12.7 Å². The number of aromatic nitrogens is 1. The van der Waals surface area contributed by atoms with Crippen molar-refractivity contribution in [3.05, 3.63) is 81.3 Å². The van der Waals surface area contributed by atoms with Crippen molar-refractivity contribution >= 4 is 72.1 Å². The molecule has 0 saturated carbocycles. The van der Waals surface area contributed by atoms with Gasteiger partial charge in [-0.15, -0.1) is 11.3 Å². The molecule has 8 nitrogen and oxygen atoms in total. The highest BCUT2D eigenvalue weighted by Gasteiger charge is 2.20. The van der Waals surface area contributed by atoms with Crippen molar-refractivity contribution in [1.29, 1.82) is 0 Å². The second kappa shape index (κ2) is 9.95. The van der Waals surface area contributed by atoms with Crippen LogP contribution in [0.25, 0.3) is 16.5 Å². The van der Waals surface area contributed by atoms with E-state index in [0.29, 0.717) is 32.4 Å². The Morgan fingerprint density at radius 3 is 2.57 bits per heavy atom. The van der Waals surface area contributed by atoms with Crippen molar-refractivity contribution in [2.24, 2.45) is 0 Å².